The molecule has 0 aromatic heterocycles. The maximum absolute atomic E-state index is 12.6. The lowest BCUT2D eigenvalue weighted by molar-refractivity contribution is -0.117. The number of amides is 1. The van der Waals surface area contributed by atoms with Crippen LogP contribution in [-0.4, -0.2) is 25.5 Å². The first-order chi connectivity index (χ1) is 15.7. The van der Waals surface area contributed by atoms with Crippen LogP contribution in [0.1, 0.15) is 35.1 Å². The highest BCUT2D eigenvalue weighted by molar-refractivity contribution is 6.01. The smallest absolute Gasteiger partial charge is 0.261 e. The van der Waals surface area contributed by atoms with Gasteiger partial charge in [0.05, 0.1) is 0 Å². The van der Waals surface area contributed by atoms with Gasteiger partial charge in [0.15, 0.2) is 0 Å². The van der Waals surface area contributed by atoms with Gasteiger partial charge < -0.3 is 15.1 Å². The van der Waals surface area contributed by atoms with E-state index in [1.54, 1.807) is 18.2 Å². The van der Waals surface area contributed by atoms with E-state index in [2.05, 4.69) is 32.5 Å². The minimum Gasteiger partial charge on any atom is -0.394 e. The van der Waals surface area contributed by atoms with E-state index >= 15 is 0 Å². The Kier molecular flexibility index (Phi) is 6.59. The van der Waals surface area contributed by atoms with E-state index in [0.29, 0.717) is 18.7 Å². The van der Waals surface area contributed by atoms with Crippen molar-refractivity contribution in [3.63, 3.8) is 0 Å². The third-order valence-corrected chi connectivity index (χ3v) is 5.84. The van der Waals surface area contributed by atoms with Crippen molar-refractivity contribution in [2.45, 2.75) is 32.1 Å². The third kappa shape index (κ3) is 4.85. The summed E-state index contributed by atoms with van der Waals surface area (Å²) in [6, 6.07) is 13.3. The van der Waals surface area contributed by atoms with E-state index in [1.807, 2.05) is 18.2 Å². The fraction of sp³-hybridized carbons (Fsp3) is 0.333. The van der Waals surface area contributed by atoms with Gasteiger partial charge in [0.1, 0.15) is 22.7 Å². The third-order valence-electron chi connectivity index (χ3n) is 5.84. The predicted molar refractivity (Wildman–Crippen MR) is 122 cm³/mol. The predicted octanol–water partition coefficient (Wildman–Crippen LogP) is 4.26. The first kappa shape index (κ1) is 21.3. The summed E-state index contributed by atoms with van der Waals surface area (Å²) in [5.74, 6) is 0.0706. The first-order valence-electron chi connectivity index (χ1n) is 10.8. The molecule has 0 fully saturated rings. The molecule has 32 heavy (non-hydrogen) atoms. The molecule has 0 aliphatic carbocycles. The Hall–Kier alpha value is -3.95. The molecule has 4 rings (SSSR count). The number of azide groups is 1. The molecule has 2 aliphatic heterocycles. The topological polar surface area (TPSA) is 114 Å². The number of nitriles is 1. The summed E-state index contributed by atoms with van der Waals surface area (Å²) in [5.41, 5.74) is 14.3. The lowest BCUT2D eigenvalue weighted by atomic mass is 9.89. The minimum absolute atomic E-state index is 0.110. The van der Waals surface area contributed by atoms with Crippen LogP contribution in [0.25, 0.3) is 16.5 Å². The molecule has 8 nitrogen and oxygen atoms in total. The largest absolute Gasteiger partial charge is 0.394 e. The molecule has 2 aromatic rings. The van der Waals surface area contributed by atoms with E-state index in [1.165, 1.54) is 16.8 Å². The van der Waals surface area contributed by atoms with Crippen molar-refractivity contribution in [1.29, 1.82) is 5.26 Å². The number of nitrogens with zero attached hydrogens (tertiary/aromatic N) is 5. The molecule has 0 atom stereocenters. The Bertz CT molecular complexity index is 1100. The molecule has 0 spiro atoms. The molecular weight excluding hydrogens is 404 g/mol. The van der Waals surface area contributed by atoms with Crippen molar-refractivity contribution in [3.8, 4) is 11.8 Å². The van der Waals surface area contributed by atoms with Crippen LogP contribution in [0.3, 0.4) is 0 Å². The lowest BCUT2D eigenvalue weighted by Gasteiger charge is -2.37. The minimum atomic E-state index is -0.371. The molecule has 162 valence electrons. The number of benzene rings is 2. The van der Waals surface area contributed by atoms with Crippen LogP contribution < -0.4 is 15.1 Å². The van der Waals surface area contributed by atoms with E-state index in [0.717, 1.165) is 49.9 Å². The highest BCUT2D eigenvalue weighted by Crippen LogP contribution is 2.36. The average molecular weight is 428 g/mol. The highest BCUT2D eigenvalue weighted by Gasteiger charge is 2.24. The van der Waals surface area contributed by atoms with Gasteiger partial charge in [-0.25, -0.2) is 0 Å². The Morgan fingerprint density at radius 1 is 1.22 bits per heavy atom. The standard InChI is InChI=1S/C24H24N6O2/c25-16-21(24(31)27-10-9-17-5-7-22(8-6-17)32-29-28-26)15-18-13-19-3-1-11-30-12-2-4-20(14-18)23(19)30/h5-8,13-15H,1-4,9-12H2,(H,27,31). The fourth-order valence-corrected chi connectivity index (χ4v) is 4.43. The number of hydrogen-bond acceptors (Lipinski definition) is 5. The van der Waals surface area contributed by atoms with Crippen LogP contribution in [-0.2, 0) is 24.1 Å². The number of anilines is 1. The average Bonchev–Trinajstić information content (AvgIpc) is 2.82. The molecule has 0 radical (unpaired) electrons. The summed E-state index contributed by atoms with van der Waals surface area (Å²) in [5, 5.41) is 15.4. The zero-order valence-corrected chi connectivity index (χ0v) is 17.8. The van der Waals surface area contributed by atoms with Crippen LogP contribution in [0.5, 0.6) is 5.75 Å². The van der Waals surface area contributed by atoms with E-state index in [4.69, 9.17) is 10.4 Å². The molecule has 2 heterocycles. The van der Waals surface area contributed by atoms with Gasteiger partial charge in [-0.3, -0.25) is 4.79 Å². The lowest BCUT2D eigenvalue weighted by Crippen LogP contribution is -2.34. The Labute approximate surface area is 186 Å². The highest BCUT2D eigenvalue weighted by atomic mass is 16.6. The second-order valence-corrected chi connectivity index (χ2v) is 7.96. The number of carbonyl (C=O) groups excluding carboxylic acids is 1. The molecule has 1 amide bonds. The molecule has 2 aliphatic rings. The Morgan fingerprint density at radius 3 is 2.53 bits per heavy atom. The maximum Gasteiger partial charge on any atom is 0.261 e. The Balaban J connectivity index is 1.40. The monoisotopic (exact) mass is 428 g/mol. The molecule has 1 N–H and O–H groups in total. The van der Waals surface area contributed by atoms with Crippen molar-refractivity contribution < 1.29 is 9.63 Å². The van der Waals surface area contributed by atoms with Crippen molar-refractivity contribution >= 4 is 17.7 Å². The van der Waals surface area contributed by atoms with Crippen LogP contribution in [0.2, 0.25) is 0 Å². The van der Waals surface area contributed by atoms with Crippen LogP contribution in [0.15, 0.2) is 47.2 Å². The molecule has 8 heteroatoms. The molecule has 0 bridgehead atoms. The summed E-state index contributed by atoms with van der Waals surface area (Å²) in [7, 11) is 0. The fourth-order valence-electron chi connectivity index (χ4n) is 4.43. The number of aryl methyl sites for hydroxylation is 2. The quantitative estimate of drug-likeness (QED) is 0.177. The van der Waals surface area contributed by atoms with E-state index in [-0.39, 0.29) is 11.5 Å². The second kappa shape index (κ2) is 9.90. The Morgan fingerprint density at radius 2 is 1.91 bits per heavy atom. The molecule has 0 saturated carbocycles. The summed E-state index contributed by atoms with van der Waals surface area (Å²) < 4.78 is 0. The summed E-state index contributed by atoms with van der Waals surface area (Å²) >= 11 is 0. The van der Waals surface area contributed by atoms with Gasteiger partial charge >= 0.3 is 0 Å². The SMILES string of the molecule is N#CC(=Cc1cc2c3c(c1)CCCN3CCC2)C(=O)NCCc1ccc(ON=[N+]=[N-])cc1. The van der Waals surface area contributed by atoms with E-state index in [9.17, 15) is 10.1 Å². The first-order valence-corrected chi connectivity index (χ1v) is 10.8. The van der Waals surface area contributed by atoms with Gasteiger partial charge in [-0.1, -0.05) is 12.1 Å². The van der Waals surface area contributed by atoms with Gasteiger partial charge in [0.2, 0.25) is 0 Å². The van der Waals surface area contributed by atoms with Crippen LogP contribution >= 0.6 is 0 Å². The van der Waals surface area contributed by atoms with Crippen molar-refractivity contribution in [3.05, 3.63) is 74.7 Å². The summed E-state index contributed by atoms with van der Waals surface area (Å²) in [6.07, 6.45) is 6.67. The molecule has 2 aromatic carbocycles. The number of carbonyl (C=O) groups is 1. The summed E-state index contributed by atoms with van der Waals surface area (Å²) in [4.78, 5) is 22.4. The van der Waals surface area contributed by atoms with Crippen molar-refractivity contribution in [2.24, 2.45) is 5.28 Å². The molecule has 0 unspecified atom stereocenters. The maximum atomic E-state index is 12.6. The van der Waals surface area contributed by atoms with Crippen molar-refractivity contribution in [2.75, 3.05) is 24.5 Å². The van der Waals surface area contributed by atoms with Gasteiger partial charge in [-0.2, -0.15) is 5.26 Å². The van der Waals surface area contributed by atoms with Gasteiger partial charge in [0.25, 0.3) is 5.91 Å². The number of rotatable bonds is 7. The van der Waals surface area contributed by atoms with Gasteiger partial charge in [0, 0.05) is 30.2 Å². The van der Waals surface area contributed by atoms with E-state index < -0.39 is 0 Å². The van der Waals surface area contributed by atoms with Crippen molar-refractivity contribution in [1.82, 2.24) is 5.32 Å². The zero-order valence-electron chi connectivity index (χ0n) is 17.8. The molecule has 0 saturated heterocycles. The number of nitrogens with one attached hydrogen (secondary N) is 1. The molecular formula is C24H24N6O2. The van der Waals surface area contributed by atoms with Crippen LogP contribution in [0.4, 0.5) is 5.69 Å². The van der Waals surface area contributed by atoms with Gasteiger partial charge in [-0.05, 0) is 90.2 Å². The van der Waals surface area contributed by atoms with Gasteiger partial charge in [-0.15, -0.1) is 0 Å². The zero-order chi connectivity index (χ0) is 22.3. The second-order valence-electron chi connectivity index (χ2n) is 7.96. The number of hydrogen-bond donors (Lipinski definition) is 1. The summed E-state index contributed by atoms with van der Waals surface area (Å²) in [6.45, 7) is 2.63. The van der Waals surface area contributed by atoms with Crippen LogP contribution in [0, 0.1) is 11.3 Å². The normalized spacial score (nSPS) is 14.6.